The molecule has 134 valence electrons. The van der Waals surface area contributed by atoms with Crippen molar-refractivity contribution in [2.45, 2.75) is 0 Å². The largest absolute Gasteiger partial charge is 0.497 e. The van der Waals surface area contributed by atoms with Crippen molar-refractivity contribution in [2.75, 3.05) is 21.3 Å². The number of ether oxygens (including phenoxy) is 3. The van der Waals surface area contributed by atoms with Crippen molar-refractivity contribution in [1.29, 1.82) is 0 Å². The van der Waals surface area contributed by atoms with E-state index < -0.39 is 5.97 Å². The molecule has 0 atom stereocenters. The minimum Gasteiger partial charge on any atom is -0.497 e. The highest BCUT2D eigenvalue weighted by Gasteiger charge is 2.24. The normalized spacial score (nSPS) is 10.6. The van der Waals surface area contributed by atoms with Gasteiger partial charge in [0.2, 0.25) is 11.5 Å². The summed E-state index contributed by atoms with van der Waals surface area (Å²) in [6, 6.07) is 9.24. The number of hydrogen-bond donors (Lipinski definition) is 1. The molecule has 0 spiro atoms. The summed E-state index contributed by atoms with van der Waals surface area (Å²) in [6.07, 6.45) is 0. The molecule has 3 aromatic rings. The zero-order valence-electron chi connectivity index (χ0n) is 14.4. The molecule has 26 heavy (non-hydrogen) atoms. The first-order valence-electron chi connectivity index (χ1n) is 7.60. The Hall–Kier alpha value is -3.48. The molecule has 0 fully saturated rings. The third kappa shape index (κ3) is 2.83. The molecule has 0 aliphatic rings. The van der Waals surface area contributed by atoms with Crippen molar-refractivity contribution in [3.8, 4) is 17.2 Å². The van der Waals surface area contributed by atoms with E-state index in [0.29, 0.717) is 11.3 Å². The van der Waals surface area contributed by atoms with E-state index in [1.54, 1.807) is 24.3 Å². The molecule has 0 saturated carbocycles. The number of carbonyl (C=O) groups excluding carboxylic acids is 1. The zero-order valence-corrected chi connectivity index (χ0v) is 14.4. The lowest BCUT2D eigenvalue weighted by molar-refractivity contribution is 0.0698. The molecule has 0 saturated heterocycles. The maximum atomic E-state index is 12.7. The van der Waals surface area contributed by atoms with Crippen molar-refractivity contribution in [3.05, 3.63) is 53.3 Å². The Labute approximate surface area is 148 Å². The van der Waals surface area contributed by atoms with Crippen LogP contribution in [0.25, 0.3) is 11.0 Å². The molecule has 1 N–H and O–H groups in total. The lowest BCUT2D eigenvalue weighted by Gasteiger charge is -2.09. The maximum Gasteiger partial charge on any atom is 0.336 e. The molecule has 0 aliphatic carbocycles. The molecule has 0 unspecified atom stereocenters. The summed E-state index contributed by atoms with van der Waals surface area (Å²) >= 11 is 0. The van der Waals surface area contributed by atoms with E-state index in [-0.39, 0.29) is 39.6 Å². The summed E-state index contributed by atoms with van der Waals surface area (Å²) in [5.74, 6) is -0.511. The quantitative estimate of drug-likeness (QED) is 0.676. The number of furan rings is 1. The average molecular weight is 356 g/mol. The Kier molecular flexibility index (Phi) is 4.53. The molecule has 7 nitrogen and oxygen atoms in total. The van der Waals surface area contributed by atoms with E-state index >= 15 is 0 Å². The number of benzene rings is 2. The number of aromatic carboxylic acids is 1. The first-order chi connectivity index (χ1) is 12.5. The Morgan fingerprint density at radius 3 is 2.19 bits per heavy atom. The number of carbonyl (C=O) groups is 2. The topological polar surface area (TPSA) is 95.2 Å². The monoisotopic (exact) mass is 356 g/mol. The van der Waals surface area contributed by atoms with E-state index in [1.807, 2.05) is 0 Å². The van der Waals surface area contributed by atoms with Crippen LogP contribution in [-0.4, -0.2) is 38.2 Å². The van der Waals surface area contributed by atoms with E-state index in [9.17, 15) is 14.7 Å². The van der Waals surface area contributed by atoms with Gasteiger partial charge in [-0.05, 0) is 36.4 Å². The van der Waals surface area contributed by atoms with Crippen LogP contribution in [0.4, 0.5) is 0 Å². The molecule has 2 aromatic carbocycles. The van der Waals surface area contributed by atoms with Crippen LogP contribution in [0, 0.1) is 0 Å². The summed E-state index contributed by atoms with van der Waals surface area (Å²) in [7, 11) is 4.33. The van der Waals surface area contributed by atoms with Crippen molar-refractivity contribution < 1.29 is 33.3 Å². The van der Waals surface area contributed by atoms with Gasteiger partial charge in [-0.1, -0.05) is 0 Å². The van der Waals surface area contributed by atoms with Crippen LogP contribution in [0.5, 0.6) is 17.2 Å². The third-order valence-electron chi connectivity index (χ3n) is 3.96. The summed E-state index contributed by atoms with van der Waals surface area (Å²) in [6.45, 7) is 0. The van der Waals surface area contributed by atoms with Gasteiger partial charge in [-0.3, -0.25) is 4.79 Å². The van der Waals surface area contributed by atoms with Crippen molar-refractivity contribution in [1.82, 2.24) is 0 Å². The van der Waals surface area contributed by atoms with Crippen LogP contribution < -0.4 is 14.2 Å². The second kappa shape index (κ2) is 6.79. The molecule has 7 heteroatoms. The predicted molar refractivity (Wildman–Crippen MR) is 92.7 cm³/mol. The smallest absolute Gasteiger partial charge is 0.336 e. The van der Waals surface area contributed by atoms with Gasteiger partial charge in [0, 0.05) is 10.9 Å². The highest BCUT2D eigenvalue weighted by Crippen LogP contribution is 2.40. The van der Waals surface area contributed by atoms with Gasteiger partial charge < -0.3 is 23.7 Å². The van der Waals surface area contributed by atoms with E-state index in [2.05, 4.69) is 0 Å². The zero-order chi connectivity index (χ0) is 18.8. The van der Waals surface area contributed by atoms with Gasteiger partial charge in [0.25, 0.3) is 0 Å². The minimum atomic E-state index is -1.17. The molecule has 1 aromatic heterocycles. The highest BCUT2D eigenvalue weighted by atomic mass is 16.5. The fourth-order valence-electron chi connectivity index (χ4n) is 2.66. The molecule has 0 bridgehead atoms. The molecular weight excluding hydrogens is 340 g/mol. The second-order valence-electron chi connectivity index (χ2n) is 5.38. The molecule has 1 heterocycles. The second-order valence-corrected chi connectivity index (χ2v) is 5.38. The molecule has 3 rings (SSSR count). The Balaban J connectivity index is 2.16. The first kappa shape index (κ1) is 17.3. The maximum absolute atomic E-state index is 12.7. The number of rotatable bonds is 6. The van der Waals surface area contributed by atoms with Crippen LogP contribution in [0.2, 0.25) is 0 Å². The third-order valence-corrected chi connectivity index (χ3v) is 3.96. The Morgan fingerprint density at radius 2 is 1.65 bits per heavy atom. The van der Waals surface area contributed by atoms with Gasteiger partial charge in [-0.25, -0.2) is 4.79 Å². The van der Waals surface area contributed by atoms with Gasteiger partial charge in [0.1, 0.15) is 5.75 Å². The number of carboxylic acid groups (broad SMARTS) is 1. The summed E-state index contributed by atoms with van der Waals surface area (Å²) in [5, 5.41) is 9.71. The van der Waals surface area contributed by atoms with E-state index in [1.165, 1.54) is 33.5 Å². The van der Waals surface area contributed by atoms with Crippen LogP contribution in [0.3, 0.4) is 0 Å². The van der Waals surface area contributed by atoms with Crippen molar-refractivity contribution in [3.63, 3.8) is 0 Å². The van der Waals surface area contributed by atoms with Gasteiger partial charge in [0.05, 0.1) is 26.9 Å². The van der Waals surface area contributed by atoms with Crippen LogP contribution in [0.1, 0.15) is 26.5 Å². The average Bonchev–Trinajstić information content (AvgIpc) is 3.10. The van der Waals surface area contributed by atoms with Crippen LogP contribution in [0.15, 0.2) is 40.8 Å². The summed E-state index contributed by atoms with van der Waals surface area (Å²) in [5.41, 5.74) is 0.476. The Bertz CT molecular complexity index is 983. The number of hydrogen-bond acceptors (Lipinski definition) is 6. The predicted octanol–water partition coefficient (Wildman–Crippen LogP) is 3.39. The van der Waals surface area contributed by atoms with Gasteiger partial charge in [0.15, 0.2) is 17.1 Å². The summed E-state index contributed by atoms with van der Waals surface area (Å²) in [4.78, 5) is 24.3. The lowest BCUT2D eigenvalue weighted by atomic mass is 10.1. The van der Waals surface area contributed by atoms with Crippen LogP contribution in [-0.2, 0) is 0 Å². The minimum absolute atomic E-state index is 0.000722. The number of methoxy groups -OCH3 is 3. The number of ketones is 1. The van der Waals surface area contributed by atoms with Crippen molar-refractivity contribution >= 4 is 22.7 Å². The fourth-order valence-corrected chi connectivity index (χ4v) is 2.66. The molecular formula is C19H16O7. The highest BCUT2D eigenvalue weighted by molar-refractivity contribution is 6.12. The van der Waals surface area contributed by atoms with Crippen LogP contribution >= 0.6 is 0 Å². The first-order valence-corrected chi connectivity index (χ1v) is 7.60. The summed E-state index contributed by atoms with van der Waals surface area (Å²) < 4.78 is 21.2. The van der Waals surface area contributed by atoms with Crippen molar-refractivity contribution in [2.24, 2.45) is 0 Å². The lowest BCUT2D eigenvalue weighted by Crippen LogP contribution is -2.00. The molecule has 0 aliphatic heterocycles. The van der Waals surface area contributed by atoms with Gasteiger partial charge in [-0.15, -0.1) is 0 Å². The van der Waals surface area contributed by atoms with Gasteiger partial charge >= 0.3 is 5.97 Å². The number of carboxylic acids is 1. The van der Waals surface area contributed by atoms with E-state index in [0.717, 1.165) is 0 Å². The SMILES string of the molecule is COc1ccc(C(=O)c2cc3c(C(=O)O)cc(OC)c(OC)c3o2)cc1. The van der Waals surface area contributed by atoms with E-state index in [4.69, 9.17) is 18.6 Å². The fraction of sp³-hybridized carbons (Fsp3) is 0.158. The number of fused-ring (bicyclic) bond motifs is 1. The van der Waals surface area contributed by atoms with Gasteiger partial charge in [-0.2, -0.15) is 0 Å². The molecule has 0 radical (unpaired) electrons. The molecule has 0 amide bonds. The Morgan fingerprint density at radius 1 is 0.962 bits per heavy atom. The standard InChI is InChI=1S/C19H16O7/c1-23-11-6-4-10(5-7-11)16(20)14-8-12-13(19(21)22)9-15(24-2)18(25-3)17(12)26-14/h4-9H,1-3H3,(H,21,22).